The molecule has 4 aromatic carbocycles. The van der Waals surface area contributed by atoms with Gasteiger partial charge in [-0.2, -0.15) is 0 Å². The average molecular weight is 454 g/mol. The predicted octanol–water partition coefficient (Wildman–Crippen LogP) is 4.12. The molecule has 0 amide bonds. The highest BCUT2D eigenvalue weighted by atomic mass is 16.5. The summed E-state index contributed by atoms with van der Waals surface area (Å²) in [6.45, 7) is 0. The summed E-state index contributed by atoms with van der Waals surface area (Å²) in [6, 6.07) is 23.0. The Morgan fingerprint density at radius 2 is 1.26 bits per heavy atom. The molecule has 0 saturated carbocycles. The minimum absolute atomic E-state index is 0.124. The van der Waals surface area contributed by atoms with E-state index in [1.807, 2.05) is 6.07 Å². The van der Waals surface area contributed by atoms with Gasteiger partial charge in [-0.05, 0) is 54.1 Å². The second-order valence-corrected chi connectivity index (χ2v) is 7.42. The lowest BCUT2D eigenvalue weighted by Gasteiger charge is -2.15. The number of nitrogens with two attached hydrogens (primary N) is 4. The van der Waals surface area contributed by atoms with Crippen molar-refractivity contribution < 1.29 is 19.1 Å². The molecule has 170 valence electrons. The maximum atomic E-state index is 12.8. The zero-order valence-electron chi connectivity index (χ0n) is 18.0. The Bertz CT molecular complexity index is 1370. The van der Waals surface area contributed by atoms with E-state index in [4.69, 9.17) is 32.4 Å². The van der Waals surface area contributed by atoms with Gasteiger partial charge in [-0.3, -0.25) is 0 Å². The zero-order valence-corrected chi connectivity index (χ0v) is 18.0. The smallest absolute Gasteiger partial charge is 0.345 e. The fourth-order valence-corrected chi connectivity index (χ4v) is 3.34. The molecular weight excluding hydrogens is 432 g/mol. The fourth-order valence-electron chi connectivity index (χ4n) is 3.34. The normalized spacial score (nSPS) is 10.5. The molecule has 8 heteroatoms. The van der Waals surface area contributed by atoms with Crippen LogP contribution in [0.3, 0.4) is 0 Å². The minimum Gasteiger partial charge on any atom is -0.423 e. The molecular formula is C26H22N4O4. The van der Waals surface area contributed by atoms with Crippen LogP contribution in [-0.4, -0.2) is 11.9 Å². The summed E-state index contributed by atoms with van der Waals surface area (Å²) in [4.78, 5) is 25.2. The molecule has 0 fully saturated rings. The Kier molecular flexibility index (Phi) is 6.05. The molecule has 0 spiro atoms. The molecule has 0 heterocycles. The van der Waals surface area contributed by atoms with E-state index in [0.29, 0.717) is 28.1 Å². The van der Waals surface area contributed by atoms with Crippen molar-refractivity contribution in [3.63, 3.8) is 0 Å². The van der Waals surface area contributed by atoms with Crippen molar-refractivity contribution in [2.45, 2.75) is 0 Å². The number of ether oxygens (including phenoxy) is 2. The lowest BCUT2D eigenvalue weighted by molar-refractivity contribution is 0.0726. The lowest BCUT2D eigenvalue weighted by atomic mass is 10.00. The van der Waals surface area contributed by atoms with Gasteiger partial charge in [0.05, 0.1) is 33.9 Å². The van der Waals surface area contributed by atoms with E-state index in [-0.39, 0.29) is 28.4 Å². The number of carbonyl (C=O) groups is 2. The van der Waals surface area contributed by atoms with Crippen LogP contribution in [0.2, 0.25) is 0 Å². The summed E-state index contributed by atoms with van der Waals surface area (Å²) in [5.74, 6) is -0.592. The van der Waals surface area contributed by atoms with E-state index < -0.39 is 11.9 Å². The van der Waals surface area contributed by atoms with Crippen LogP contribution in [0.15, 0.2) is 84.9 Å². The van der Waals surface area contributed by atoms with Crippen molar-refractivity contribution >= 4 is 34.7 Å². The quantitative estimate of drug-likeness (QED) is 0.199. The monoisotopic (exact) mass is 454 g/mol. The first-order valence-corrected chi connectivity index (χ1v) is 10.3. The summed E-state index contributed by atoms with van der Waals surface area (Å²) >= 11 is 0. The van der Waals surface area contributed by atoms with Crippen molar-refractivity contribution in [2.24, 2.45) is 0 Å². The number of anilines is 4. The standard InChI is InChI=1S/C26H22N4O4/c27-19-8-4-7-18(23(19)29)26(32)34-21-14-13-20(28)24(30)22(21)15-9-11-16(12-10-15)25(31)33-17-5-2-1-3-6-17/h1-14H,27-30H2. The van der Waals surface area contributed by atoms with Gasteiger partial charge in [0.25, 0.3) is 0 Å². The summed E-state index contributed by atoms with van der Waals surface area (Å²) < 4.78 is 11.0. The SMILES string of the molecule is Nc1cccc(C(=O)Oc2ccc(N)c(N)c2-c2ccc(C(=O)Oc3ccccc3)cc2)c1N. The van der Waals surface area contributed by atoms with Gasteiger partial charge < -0.3 is 32.4 Å². The van der Waals surface area contributed by atoms with E-state index in [2.05, 4.69) is 0 Å². The van der Waals surface area contributed by atoms with Crippen LogP contribution in [0.25, 0.3) is 11.1 Å². The van der Waals surface area contributed by atoms with E-state index in [1.165, 1.54) is 12.1 Å². The molecule has 0 bridgehead atoms. The minimum atomic E-state index is -0.696. The molecule has 4 aromatic rings. The fraction of sp³-hybridized carbons (Fsp3) is 0. The summed E-state index contributed by atoms with van der Waals surface area (Å²) in [5.41, 5.74) is 26.3. The third-order valence-corrected chi connectivity index (χ3v) is 5.17. The maximum absolute atomic E-state index is 12.8. The Hall–Kier alpha value is -4.98. The Balaban J connectivity index is 1.64. The van der Waals surface area contributed by atoms with Gasteiger partial charge in [-0.25, -0.2) is 9.59 Å². The molecule has 0 aromatic heterocycles. The summed E-state index contributed by atoms with van der Waals surface area (Å²) in [6.07, 6.45) is 0. The van der Waals surface area contributed by atoms with Gasteiger partial charge in [0, 0.05) is 5.56 Å². The molecule has 0 saturated heterocycles. The van der Waals surface area contributed by atoms with Gasteiger partial charge in [-0.15, -0.1) is 0 Å². The van der Waals surface area contributed by atoms with Crippen molar-refractivity contribution in [1.82, 2.24) is 0 Å². The van der Waals surface area contributed by atoms with E-state index in [0.717, 1.165) is 0 Å². The molecule has 4 rings (SSSR count). The van der Waals surface area contributed by atoms with Crippen LogP contribution < -0.4 is 32.4 Å². The number of rotatable bonds is 5. The molecule has 34 heavy (non-hydrogen) atoms. The van der Waals surface area contributed by atoms with E-state index >= 15 is 0 Å². The third kappa shape index (κ3) is 4.46. The van der Waals surface area contributed by atoms with E-state index in [1.54, 1.807) is 66.7 Å². The van der Waals surface area contributed by atoms with Crippen molar-refractivity contribution in [3.05, 3.63) is 96.1 Å². The summed E-state index contributed by atoms with van der Waals surface area (Å²) in [7, 11) is 0. The largest absolute Gasteiger partial charge is 0.423 e. The first-order valence-electron chi connectivity index (χ1n) is 10.3. The number of nitrogen functional groups attached to an aromatic ring is 4. The highest BCUT2D eigenvalue weighted by Gasteiger charge is 2.20. The number of para-hydroxylation sites is 2. The summed E-state index contributed by atoms with van der Waals surface area (Å²) in [5, 5.41) is 0. The zero-order chi connectivity index (χ0) is 24.2. The predicted molar refractivity (Wildman–Crippen MR) is 132 cm³/mol. The highest BCUT2D eigenvalue weighted by molar-refractivity contribution is 6.01. The van der Waals surface area contributed by atoms with Gasteiger partial charge in [-0.1, -0.05) is 36.4 Å². The Morgan fingerprint density at radius 1 is 0.588 bits per heavy atom. The topological polar surface area (TPSA) is 157 Å². The first-order chi connectivity index (χ1) is 16.3. The molecule has 0 radical (unpaired) electrons. The van der Waals surface area contributed by atoms with Crippen LogP contribution >= 0.6 is 0 Å². The van der Waals surface area contributed by atoms with Crippen molar-refractivity contribution in [1.29, 1.82) is 0 Å². The molecule has 0 atom stereocenters. The van der Waals surface area contributed by atoms with Crippen LogP contribution in [0.1, 0.15) is 20.7 Å². The van der Waals surface area contributed by atoms with Crippen LogP contribution in [0.5, 0.6) is 11.5 Å². The number of benzene rings is 4. The first kappa shape index (κ1) is 22.2. The highest BCUT2D eigenvalue weighted by Crippen LogP contribution is 2.39. The van der Waals surface area contributed by atoms with Crippen molar-refractivity contribution in [3.8, 4) is 22.6 Å². The van der Waals surface area contributed by atoms with Gasteiger partial charge in [0.2, 0.25) is 0 Å². The Labute approximate surface area is 195 Å². The maximum Gasteiger partial charge on any atom is 0.345 e. The van der Waals surface area contributed by atoms with Gasteiger partial charge >= 0.3 is 11.9 Å². The molecule has 0 aliphatic heterocycles. The molecule has 0 unspecified atom stereocenters. The van der Waals surface area contributed by atoms with Crippen LogP contribution in [-0.2, 0) is 0 Å². The molecule has 0 aliphatic carbocycles. The van der Waals surface area contributed by atoms with Crippen LogP contribution in [0.4, 0.5) is 22.7 Å². The lowest BCUT2D eigenvalue weighted by Crippen LogP contribution is -2.13. The van der Waals surface area contributed by atoms with E-state index in [9.17, 15) is 9.59 Å². The average Bonchev–Trinajstić information content (AvgIpc) is 2.84. The van der Waals surface area contributed by atoms with Crippen LogP contribution in [0, 0.1) is 0 Å². The Morgan fingerprint density at radius 3 is 1.97 bits per heavy atom. The molecule has 8 N–H and O–H groups in total. The second kappa shape index (κ2) is 9.25. The second-order valence-electron chi connectivity index (χ2n) is 7.42. The number of hydrogen-bond donors (Lipinski definition) is 4. The molecule has 0 aliphatic rings. The number of hydrogen-bond acceptors (Lipinski definition) is 8. The number of esters is 2. The van der Waals surface area contributed by atoms with Gasteiger partial charge in [0.15, 0.2) is 0 Å². The molecule has 8 nitrogen and oxygen atoms in total. The number of carbonyl (C=O) groups excluding carboxylic acids is 2. The third-order valence-electron chi connectivity index (χ3n) is 5.17. The van der Waals surface area contributed by atoms with Gasteiger partial charge in [0.1, 0.15) is 11.5 Å². The van der Waals surface area contributed by atoms with Crippen molar-refractivity contribution in [2.75, 3.05) is 22.9 Å².